The summed E-state index contributed by atoms with van der Waals surface area (Å²) in [6.45, 7) is 2.46. The molecule has 1 aliphatic heterocycles. The van der Waals surface area contributed by atoms with E-state index in [2.05, 4.69) is 31.9 Å². The summed E-state index contributed by atoms with van der Waals surface area (Å²) in [5.41, 5.74) is 1.36. The van der Waals surface area contributed by atoms with Crippen molar-refractivity contribution in [1.29, 1.82) is 0 Å². The zero-order chi connectivity index (χ0) is 18.0. The summed E-state index contributed by atoms with van der Waals surface area (Å²) >= 11 is 7.88. The number of nitrogens with zero attached hydrogens (tertiary/aromatic N) is 1. The molecule has 7 heteroatoms. The molecule has 3 rings (SSSR count). The number of hydrogen-bond donors (Lipinski definition) is 0. The Kier molecular flexibility index (Phi) is 5.66. The summed E-state index contributed by atoms with van der Waals surface area (Å²) in [6, 6.07) is 12.6. The van der Waals surface area contributed by atoms with Gasteiger partial charge in [-0.1, -0.05) is 18.2 Å². The van der Waals surface area contributed by atoms with E-state index in [1.807, 2.05) is 25.1 Å². The van der Waals surface area contributed by atoms with Gasteiger partial charge in [0.1, 0.15) is 5.75 Å². The number of benzene rings is 2. The third-order valence-electron chi connectivity index (χ3n) is 3.42. The lowest BCUT2D eigenvalue weighted by atomic mass is 10.2. The highest BCUT2D eigenvalue weighted by Gasteiger charge is 2.36. The van der Waals surface area contributed by atoms with Crippen molar-refractivity contribution in [3.63, 3.8) is 0 Å². The first-order valence-electron chi connectivity index (χ1n) is 7.46. The van der Waals surface area contributed by atoms with Crippen molar-refractivity contribution in [3.05, 3.63) is 61.9 Å². The van der Waals surface area contributed by atoms with Crippen LogP contribution in [0.15, 0.2) is 56.3 Å². The summed E-state index contributed by atoms with van der Waals surface area (Å²) in [5.74, 6) is 0.388. The van der Waals surface area contributed by atoms with E-state index in [1.54, 1.807) is 30.3 Å². The number of halogens is 2. The van der Waals surface area contributed by atoms with Crippen molar-refractivity contribution in [2.75, 3.05) is 11.5 Å². The molecule has 2 aromatic rings. The maximum atomic E-state index is 12.6. The molecule has 1 fully saturated rings. The van der Waals surface area contributed by atoms with Crippen molar-refractivity contribution in [2.45, 2.75) is 6.92 Å². The van der Waals surface area contributed by atoms with E-state index >= 15 is 0 Å². The number of anilines is 1. The summed E-state index contributed by atoms with van der Waals surface area (Å²) in [6.07, 6.45) is 1.71. The van der Waals surface area contributed by atoms with Crippen LogP contribution in [-0.2, 0) is 4.79 Å². The van der Waals surface area contributed by atoms with Crippen LogP contribution in [0, 0.1) is 0 Å². The molecule has 0 spiro atoms. The van der Waals surface area contributed by atoms with Gasteiger partial charge in [0.15, 0.2) is 0 Å². The summed E-state index contributed by atoms with van der Waals surface area (Å²) in [4.78, 5) is 26.5. The Hall–Kier alpha value is -1.57. The maximum absolute atomic E-state index is 12.6. The van der Waals surface area contributed by atoms with E-state index in [0.717, 1.165) is 26.3 Å². The summed E-state index contributed by atoms with van der Waals surface area (Å²) in [5, 5.41) is -0.300. The number of amides is 2. The van der Waals surface area contributed by atoms with Crippen molar-refractivity contribution in [2.24, 2.45) is 0 Å². The number of rotatable bonds is 4. The average molecular weight is 483 g/mol. The van der Waals surface area contributed by atoms with Gasteiger partial charge in [-0.15, -0.1) is 0 Å². The van der Waals surface area contributed by atoms with E-state index in [0.29, 0.717) is 22.9 Å². The smallest absolute Gasteiger partial charge is 0.298 e. The molecule has 25 heavy (non-hydrogen) atoms. The van der Waals surface area contributed by atoms with Gasteiger partial charge < -0.3 is 4.74 Å². The number of imide groups is 1. The van der Waals surface area contributed by atoms with Crippen LogP contribution in [-0.4, -0.2) is 17.8 Å². The molecule has 0 atom stereocenters. The monoisotopic (exact) mass is 481 g/mol. The van der Waals surface area contributed by atoms with Crippen molar-refractivity contribution in [3.8, 4) is 5.75 Å². The highest BCUT2D eigenvalue weighted by atomic mass is 79.9. The first-order valence-corrected chi connectivity index (χ1v) is 9.86. The highest BCUT2D eigenvalue weighted by Crippen LogP contribution is 2.38. The van der Waals surface area contributed by atoms with Gasteiger partial charge in [-0.3, -0.25) is 9.59 Å². The molecule has 0 unspecified atom stereocenters. The Labute approximate surface area is 166 Å². The molecule has 2 amide bonds. The first kappa shape index (κ1) is 18.2. The number of thioether (sulfide) groups is 1. The number of carbonyl (C=O) groups excluding carboxylic acids is 2. The SMILES string of the molecule is CCOc1c(Br)cc(/C=C2\SC(=O)N(c3ccccc3)C2=O)cc1Br. The van der Waals surface area contributed by atoms with Gasteiger partial charge in [-0.05, 0) is 86.5 Å². The minimum atomic E-state index is -0.317. The number of hydrogen-bond acceptors (Lipinski definition) is 4. The molecular formula is C18H13Br2NO3S. The van der Waals surface area contributed by atoms with E-state index < -0.39 is 0 Å². The normalized spacial score (nSPS) is 16.0. The van der Waals surface area contributed by atoms with Crippen molar-refractivity contribution < 1.29 is 14.3 Å². The molecule has 1 heterocycles. The Morgan fingerprint density at radius 3 is 2.36 bits per heavy atom. The van der Waals surface area contributed by atoms with Crippen molar-refractivity contribution in [1.82, 2.24) is 0 Å². The highest BCUT2D eigenvalue weighted by molar-refractivity contribution is 9.11. The van der Waals surface area contributed by atoms with Crippen LogP contribution < -0.4 is 9.64 Å². The van der Waals surface area contributed by atoms with Crippen LogP contribution in [0.2, 0.25) is 0 Å². The predicted molar refractivity (Wildman–Crippen MR) is 108 cm³/mol. The van der Waals surface area contributed by atoms with Gasteiger partial charge >= 0.3 is 0 Å². The summed E-state index contributed by atoms with van der Waals surface area (Å²) < 4.78 is 7.11. The lowest BCUT2D eigenvalue weighted by molar-refractivity contribution is -0.113. The van der Waals surface area contributed by atoms with Crippen LogP contribution in [0.5, 0.6) is 5.75 Å². The third kappa shape index (κ3) is 3.83. The molecule has 2 aromatic carbocycles. The fraction of sp³-hybridized carbons (Fsp3) is 0.111. The first-order chi connectivity index (χ1) is 12.0. The molecule has 0 radical (unpaired) electrons. The number of ether oxygens (including phenoxy) is 1. The molecule has 0 aliphatic carbocycles. The largest absolute Gasteiger partial charge is 0.492 e. The Morgan fingerprint density at radius 2 is 1.76 bits per heavy atom. The molecule has 1 aliphatic rings. The molecule has 128 valence electrons. The lowest BCUT2D eigenvalue weighted by Gasteiger charge is -2.11. The van der Waals surface area contributed by atoms with Gasteiger partial charge in [-0.2, -0.15) is 0 Å². The summed E-state index contributed by atoms with van der Waals surface area (Å²) in [7, 11) is 0. The molecule has 0 aromatic heterocycles. The minimum absolute atomic E-state index is 0.300. The van der Waals surface area contributed by atoms with Gasteiger partial charge in [0, 0.05) is 0 Å². The molecular weight excluding hydrogens is 470 g/mol. The fourth-order valence-corrected chi connectivity index (χ4v) is 4.66. The maximum Gasteiger partial charge on any atom is 0.298 e. The topological polar surface area (TPSA) is 46.6 Å². The van der Waals surface area contributed by atoms with Crippen LogP contribution >= 0.6 is 43.6 Å². The van der Waals surface area contributed by atoms with E-state index in [1.165, 1.54) is 4.90 Å². The Morgan fingerprint density at radius 1 is 1.12 bits per heavy atom. The quantitative estimate of drug-likeness (QED) is 0.512. The molecule has 1 saturated heterocycles. The van der Waals surface area contributed by atoms with Crippen LogP contribution in [0.25, 0.3) is 6.08 Å². The minimum Gasteiger partial charge on any atom is -0.492 e. The van der Waals surface area contributed by atoms with E-state index in [4.69, 9.17) is 4.74 Å². The second kappa shape index (κ2) is 7.76. The van der Waals surface area contributed by atoms with Crippen LogP contribution in [0.1, 0.15) is 12.5 Å². The molecule has 0 N–H and O–H groups in total. The van der Waals surface area contributed by atoms with E-state index in [9.17, 15) is 9.59 Å². The standard InChI is InChI=1S/C18H13Br2NO3S/c1-2-24-16-13(19)8-11(9-14(16)20)10-15-17(22)21(18(23)25-15)12-6-4-3-5-7-12/h3-10H,2H2,1H3/b15-10-. The molecule has 0 bridgehead atoms. The molecule has 0 saturated carbocycles. The molecule has 4 nitrogen and oxygen atoms in total. The number of carbonyl (C=O) groups is 2. The van der Waals surface area contributed by atoms with Gasteiger partial charge in [0.25, 0.3) is 11.1 Å². The predicted octanol–water partition coefficient (Wildman–Crippen LogP) is 5.85. The van der Waals surface area contributed by atoms with Gasteiger partial charge in [-0.25, -0.2) is 4.90 Å². The fourth-order valence-electron chi connectivity index (χ4n) is 2.36. The van der Waals surface area contributed by atoms with E-state index in [-0.39, 0.29) is 11.1 Å². The second-order valence-corrected chi connectivity index (χ2v) is 7.80. The zero-order valence-electron chi connectivity index (χ0n) is 13.2. The van der Waals surface area contributed by atoms with Crippen LogP contribution in [0.4, 0.5) is 10.5 Å². The average Bonchev–Trinajstić information content (AvgIpc) is 2.85. The lowest BCUT2D eigenvalue weighted by Crippen LogP contribution is -2.27. The Bertz CT molecular complexity index is 845. The Balaban J connectivity index is 1.93. The zero-order valence-corrected chi connectivity index (χ0v) is 17.2. The van der Waals surface area contributed by atoms with Crippen LogP contribution in [0.3, 0.4) is 0 Å². The van der Waals surface area contributed by atoms with Gasteiger partial charge in [0.05, 0.1) is 26.1 Å². The van der Waals surface area contributed by atoms with Crippen molar-refractivity contribution >= 4 is 66.5 Å². The third-order valence-corrected chi connectivity index (χ3v) is 5.46. The second-order valence-electron chi connectivity index (χ2n) is 5.10. The van der Waals surface area contributed by atoms with Gasteiger partial charge in [0.2, 0.25) is 0 Å². The number of para-hydroxylation sites is 1.